The molecule has 1 N–H and O–H groups in total. The molecular weight excluding hydrogens is 660 g/mol. The van der Waals surface area contributed by atoms with E-state index < -0.39 is 39.6 Å². The summed E-state index contributed by atoms with van der Waals surface area (Å²) in [5, 5.41) is 0.844. The van der Waals surface area contributed by atoms with Crippen molar-refractivity contribution >= 4 is 38.7 Å². The molecule has 0 aliphatic carbocycles. The Labute approximate surface area is 283 Å². The van der Waals surface area contributed by atoms with Gasteiger partial charge in [-0.1, -0.05) is 0 Å². The molecule has 0 bridgehead atoms. The minimum absolute atomic E-state index is 0.0206. The van der Waals surface area contributed by atoms with Gasteiger partial charge in [0.05, 0.1) is 30.3 Å². The van der Waals surface area contributed by atoms with Gasteiger partial charge in [0.25, 0.3) is 11.8 Å². The fourth-order valence-corrected chi connectivity index (χ4v) is 8.27. The topological polar surface area (TPSA) is 133 Å². The zero-order valence-electron chi connectivity index (χ0n) is 28.1. The van der Waals surface area contributed by atoms with Crippen LogP contribution < -0.4 is 15.2 Å². The lowest BCUT2D eigenvalue weighted by atomic mass is 9.92. The summed E-state index contributed by atoms with van der Waals surface area (Å²) in [7, 11) is -0.483. The maximum absolute atomic E-state index is 15.3. The zero-order valence-corrected chi connectivity index (χ0v) is 28.9. The molecule has 3 aromatic rings. The Morgan fingerprint density at radius 3 is 2.49 bits per heavy atom. The highest BCUT2D eigenvalue weighted by molar-refractivity contribution is 7.87. The molecule has 0 spiro atoms. The molecule has 1 atom stereocenters. The van der Waals surface area contributed by atoms with E-state index in [0.717, 1.165) is 69.9 Å². The molecule has 6 rings (SSSR count). The third kappa shape index (κ3) is 6.81. The van der Waals surface area contributed by atoms with Crippen LogP contribution in [0.3, 0.4) is 0 Å². The number of alkyl halides is 1. The third-order valence-electron chi connectivity index (χ3n) is 9.96. The monoisotopic (exact) mass is 701 g/mol. The highest BCUT2D eigenvalue weighted by Gasteiger charge is 2.33. The van der Waals surface area contributed by atoms with Crippen molar-refractivity contribution in [1.82, 2.24) is 18.8 Å². The molecule has 2 aromatic carbocycles. The molecule has 12 nitrogen and oxygen atoms in total. The number of likely N-dealkylation sites (N-methyl/N-ethyl adjacent to an activating group) is 1. The molecule has 264 valence electrons. The first-order chi connectivity index (χ1) is 23.3. The minimum atomic E-state index is -4.26. The molecule has 1 aromatic heterocycles. The second kappa shape index (κ2) is 13.8. The number of ether oxygens (including phenoxy) is 1. The van der Waals surface area contributed by atoms with E-state index in [1.165, 1.54) is 4.90 Å². The van der Waals surface area contributed by atoms with Gasteiger partial charge in [-0.05, 0) is 75.5 Å². The van der Waals surface area contributed by atoms with Crippen LogP contribution in [-0.2, 0) is 27.9 Å². The van der Waals surface area contributed by atoms with E-state index in [-0.39, 0.29) is 56.2 Å². The molecule has 0 radical (unpaired) electrons. The number of carbonyl (C=O) groups is 2. The summed E-state index contributed by atoms with van der Waals surface area (Å²) < 4.78 is 68.2. The average molecular weight is 702 g/mol. The fourth-order valence-electron chi connectivity index (χ4n) is 7.10. The van der Waals surface area contributed by atoms with Crippen molar-refractivity contribution in [3.63, 3.8) is 0 Å². The summed E-state index contributed by atoms with van der Waals surface area (Å²) in [6, 6.07) is 5.43. The lowest BCUT2D eigenvalue weighted by molar-refractivity contribution is 0.0727. The minimum Gasteiger partial charge on any atom is -0.422 e. The first kappa shape index (κ1) is 34.9. The molecular formula is C34H41F2N5O7S. The van der Waals surface area contributed by atoms with E-state index in [1.54, 1.807) is 7.11 Å². The number of rotatable bonds is 7. The van der Waals surface area contributed by atoms with Crippen LogP contribution in [0.1, 0.15) is 55.8 Å². The van der Waals surface area contributed by atoms with E-state index in [4.69, 9.17) is 9.15 Å². The van der Waals surface area contributed by atoms with Crippen LogP contribution in [0.4, 0.5) is 14.5 Å². The lowest BCUT2D eigenvalue weighted by Crippen LogP contribution is -2.53. The molecule has 49 heavy (non-hydrogen) atoms. The largest absolute Gasteiger partial charge is 0.422 e. The number of hydrogen-bond acceptors (Lipinski definition) is 9. The van der Waals surface area contributed by atoms with E-state index in [2.05, 4.69) is 22.9 Å². The molecule has 2 saturated heterocycles. The average Bonchev–Trinajstić information content (AvgIpc) is 3.07. The van der Waals surface area contributed by atoms with Crippen molar-refractivity contribution in [2.24, 2.45) is 0 Å². The van der Waals surface area contributed by atoms with Gasteiger partial charge in [-0.3, -0.25) is 14.5 Å². The van der Waals surface area contributed by atoms with Crippen molar-refractivity contribution in [1.29, 1.82) is 0 Å². The summed E-state index contributed by atoms with van der Waals surface area (Å²) in [5.74, 6) is -2.77. The maximum Gasteiger partial charge on any atom is 0.341 e. The number of aryl methyl sites for hydroxylation is 2. The van der Waals surface area contributed by atoms with E-state index in [9.17, 15) is 27.2 Å². The number of methoxy groups -OCH3 is 1. The van der Waals surface area contributed by atoms with Crippen molar-refractivity contribution in [2.75, 3.05) is 64.9 Å². The molecule has 3 aliphatic rings. The van der Waals surface area contributed by atoms with E-state index in [1.807, 2.05) is 18.6 Å². The molecule has 0 unspecified atom stereocenters. The fraction of sp³-hybridized carbons (Fsp3) is 0.500. The highest BCUT2D eigenvalue weighted by atomic mass is 32.2. The van der Waals surface area contributed by atoms with Gasteiger partial charge in [-0.25, -0.2) is 18.3 Å². The molecule has 2 fully saturated rings. The predicted octanol–water partition coefficient (Wildman–Crippen LogP) is 2.92. The standard InChI is InChI=1S/C34H41F2N5O7S/c1-20-15-29(39-14-13-38(3)24(17-39)19-47-4)21(2)31-30(20)25-9-10-40(18-27(25)34(44)48-31)33(43)26-6-5-22(16-28(26)36)32(42)37-49(45,46)41-11-7-23(35)8-12-41/h5-6,15-16,23-24H,7-14,17-19H2,1-4H3,(H,37,42)/t24-/m1/s1. The molecule has 4 heterocycles. The van der Waals surface area contributed by atoms with Crippen LogP contribution in [0, 0.1) is 19.7 Å². The van der Waals surface area contributed by atoms with Crippen LogP contribution in [-0.4, -0.2) is 107 Å². The molecule has 2 amide bonds. The predicted molar refractivity (Wildman–Crippen MR) is 179 cm³/mol. The lowest BCUT2D eigenvalue weighted by Gasteiger charge is -2.41. The molecule has 0 saturated carbocycles. The number of piperidine rings is 1. The van der Waals surface area contributed by atoms with Crippen LogP contribution in [0.25, 0.3) is 11.0 Å². The van der Waals surface area contributed by atoms with Crippen LogP contribution in [0.2, 0.25) is 0 Å². The van der Waals surface area contributed by atoms with Crippen molar-refractivity contribution in [3.8, 4) is 0 Å². The summed E-state index contributed by atoms with van der Waals surface area (Å²) in [6.07, 6.45) is -0.709. The summed E-state index contributed by atoms with van der Waals surface area (Å²) >= 11 is 0. The number of halogens is 2. The molecule has 15 heteroatoms. The van der Waals surface area contributed by atoms with Crippen LogP contribution >= 0.6 is 0 Å². The van der Waals surface area contributed by atoms with Crippen LogP contribution in [0.5, 0.6) is 0 Å². The number of nitrogens with one attached hydrogen (secondary N) is 1. The Bertz CT molecular complexity index is 1960. The van der Waals surface area contributed by atoms with Crippen molar-refractivity contribution in [2.45, 2.75) is 51.9 Å². The van der Waals surface area contributed by atoms with Crippen molar-refractivity contribution in [3.05, 3.63) is 73.9 Å². The van der Waals surface area contributed by atoms with Gasteiger partial charge >= 0.3 is 15.8 Å². The number of anilines is 1. The maximum atomic E-state index is 15.3. The second-order valence-corrected chi connectivity index (χ2v) is 14.8. The summed E-state index contributed by atoms with van der Waals surface area (Å²) in [6.45, 7) is 6.96. The number of nitrogens with zero attached hydrogens (tertiary/aromatic N) is 4. The number of fused-ring (bicyclic) bond motifs is 3. The third-order valence-corrected chi connectivity index (χ3v) is 11.4. The Balaban J connectivity index is 1.20. The van der Waals surface area contributed by atoms with Crippen LogP contribution in [0.15, 0.2) is 33.5 Å². The smallest absolute Gasteiger partial charge is 0.341 e. The zero-order chi connectivity index (χ0) is 35.2. The van der Waals surface area contributed by atoms with E-state index >= 15 is 4.39 Å². The van der Waals surface area contributed by atoms with Gasteiger partial charge in [0.1, 0.15) is 17.6 Å². The number of hydrogen-bond donors (Lipinski definition) is 1. The Hall–Kier alpha value is -3.92. The van der Waals surface area contributed by atoms with Gasteiger partial charge in [0.15, 0.2) is 0 Å². The summed E-state index contributed by atoms with van der Waals surface area (Å²) in [4.78, 5) is 45.5. The quantitative estimate of drug-likeness (QED) is 0.370. The first-order valence-electron chi connectivity index (χ1n) is 16.4. The number of amides is 2. The summed E-state index contributed by atoms with van der Waals surface area (Å²) in [5.41, 5.74) is 3.30. The first-order valence-corrected chi connectivity index (χ1v) is 17.8. The Kier molecular flexibility index (Phi) is 9.81. The molecule has 3 aliphatic heterocycles. The van der Waals surface area contributed by atoms with Gasteiger partial charge in [-0.2, -0.15) is 12.7 Å². The van der Waals surface area contributed by atoms with Gasteiger partial charge < -0.3 is 19.0 Å². The second-order valence-electron chi connectivity index (χ2n) is 13.1. The van der Waals surface area contributed by atoms with Gasteiger partial charge in [0.2, 0.25) is 0 Å². The Morgan fingerprint density at radius 1 is 1.06 bits per heavy atom. The van der Waals surface area contributed by atoms with Gasteiger partial charge in [-0.15, -0.1) is 0 Å². The SMILES string of the molecule is COC[C@H]1CN(c2cc(C)c3c4c(c(=O)oc3c2C)CN(C(=O)c2ccc(C(=O)NS(=O)(=O)N3CCC(F)CC3)cc2F)CC4)CCN1C. The highest BCUT2D eigenvalue weighted by Crippen LogP contribution is 2.36. The number of carbonyl (C=O) groups excluding carboxylic acids is 2. The Morgan fingerprint density at radius 2 is 1.80 bits per heavy atom. The number of piperazine rings is 1. The van der Waals surface area contributed by atoms with Gasteiger partial charge in [0, 0.05) is 68.6 Å². The van der Waals surface area contributed by atoms with Crippen molar-refractivity contribution < 1.29 is 35.9 Å². The van der Waals surface area contributed by atoms with E-state index in [0.29, 0.717) is 24.2 Å². The normalized spacial score (nSPS) is 19.7. The number of benzene rings is 2.